The molecule has 2 heteroatoms. The maximum Gasteiger partial charge on any atom is 0.0424 e. The molecule has 1 aliphatic heterocycles. The van der Waals surface area contributed by atoms with Crippen LogP contribution in [0.25, 0.3) is 0 Å². The van der Waals surface area contributed by atoms with Crippen molar-refractivity contribution in [1.82, 2.24) is 0 Å². The monoisotopic (exact) mass is 190 g/mol. The Balaban J connectivity index is 2.26. The second kappa shape index (κ2) is 3.62. The van der Waals surface area contributed by atoms with Crippen molar-refractivity contribution in [2.24, 2.45) is 5.73 Å². The molecule has 0 saturated heterocycles. The van der Waals surface area contributed by atoms with Crippen LogP contribution >= 0.6 is 0 Å². The van der Waals surface area contributed by atoms with Crippen LogP contribution in [-0.2, 0) is 6.42 Å². The molecule has 1 heterocycles. The van der Waals surface area contributed by atoms with Crippen molar-refractivity contribution in [3.05, 3.63) is 29.3 Å². The second-order valence-electron chi connectivity index (χ2n) is 4.35. The van der Waals surface area contributed by atoms with Gasteiger partial charge in [0.05, 0.1) is 0 Å². The fraction of sp³-hybridized carbons (Fsp3) is 0.500. The lowest BCUT2D eigenvalue weighted by atomic mass is 9.99. The van der Waals surface area contributed by atoms with E-state index in [-0.39, 0.29) is 0 Å². The van der Waals surface area contributed by atoms with Crippen LogP contribution in [0.3, 0.4) is 0 Å². The van der Waals surface area contributed by atoms with Crippen LogP contribution in [0.1, 0.15) is 30.9 Å². The topological polar surface area (TPSA) is 38.0 Å². The second-order valence-corrected chi connectivity index (χ2v) is 4.35. The zero-order chi connectivity index (χ0) is 10.1. The van der Waals surface area contributed by atoms with Gasteiger partial charge in [-0.3, -0.25) is 0 Å². The Morgan fingerprint density at radius 3 is 2.93 bits per heavy atom. The minimum atomic E-state index is 0.437. The third-order valence-electron chi connectivity index (χ3n) is 2.91. The van der Waals surface area contributed by atoms with E-state index in [1.54, 1.807) is 0 Å². The lowest BCUT2D eigenvalue weighted by Gasteiger charge is -2.07. The zero-order valence-electron chi connectivity index (χ0n) is 8.88. The molecular formula is C12H18N2. The summed E-state index contributed by atoms with van der Waals surface area (Å²) in [6.07, 6.45) is 1.08. The van der Waals surface area contributed by atoms with E-state index in [1.807, 2.05) is 0 Å². The van der Waals surface area contributed by atoms with Gasteiger partial charge in [0, 0.05) is 18.3 Å². The molecule has 0 aliphatic carbocycles. The molecule has 0 fully saturated rings. The van der Waals surface area contributed by atoms with Crippen LogP contribution in [0.15, 0.2) is 18.2 Å². The molecule has 76 valence electrons. The summed E-state index contributed by atoms with van der Waals surface area (Å²) in [4.78, 5) is 0. The standard InChI is InChI=1S/C12H18N2/c1-8(2)9-3-4-12-10(5-9)6-11(7-13)14-12/h3-5,8,11,14H,6-7,13H2,1-2H3. The van der Waals surface area contributed by atoms with Gasteiger partial charge in [0.25, 0.3) is 0 Å². The van der Waals surface area contributed by atoms with Crippen LogP contribution in [0.4, 0.5) is 5.69 Å². The molecule has 0 radical (unpaired) electrons. The molecule has 0 amide bonds. The number of anilines is 1. The molecule has 0 bridgehead atoms. The minimum Gasteiger partial charge on any atom is -0.380 e. The molecule has 1 aliphatic rings. The van der Waals surface area contributed by atoms with Crippen LogP contribution in [0, 0.1) is 0 Å². The Hall–Kier alpha value is -1.02. The molecule has 0 spiro atoms. The zero-order valence-corrected chi connectivity index (χ0v) is 8.88. The first kappa shape index (κ1) is 9.53. The SMILES string of the molecule is CC(C)c1ccc2c(c1)CC(CN)N2. The van der Waals surface area contributed by atoms with Crippen molar-refractivity contribution in [2.75, 3.05) is 11.9 Å². The molecule has 2 rings (SSSR count). The minimum absolute atomic E-state index is 0.437. The largest absolute Gasteiger partial charge is 0.380 e. The Morgan fingerprint density at radius 2 is 2.29 bits per heavy atom. The van der Waals surface area contributed by atoms with E-state index in [9.17, 15) is 0 Å². The Morgan fingerprint density at radius 1 is 1.50 bits per heavy atom. The highest BCUT2D eigenvalue weighted by atomic mass is 15.0. The van der Waals surface area contributed by atoms with Crippen molar-refractivity contribution in [2.45, 2.75) is 32.2 Å². The highest BCUT2D eigenvalue weighted by molar-refractivity contribution is 5.58. The van der Waals surface area contributed by atoms with Gasteiger partial charge in [-0.2, -0.15) is 0 Å². The Kier molecular flexibility index (Phi) is 2.46. The predicted molar refractivity (Wildman–Crippen MR) is 60.7 cm³/mol. The number of nitrogens with two attached hydrogens (primary N) is 1. The van der Waals surface area contributed by atoms with Gasteiger partial charge in [-0.05, 0) is 29.5 Å². The Labute approximate surface area is 85.5 Å². The summed E-state index contributed by atoms with van der Waals surface area (Å²) in [7, 11) is 0. The summed E-state index contributed by atoms with van der Waals surface area (Å²) in [6, 6.07) is 7.13. The van der Waals surface area contributed by atoms with Crippen molar-refractivity contribution in [3.63, 3.8) is 0 Å². The molecule has 3 N–H and O–H groups in total. The smallest absolute Gasteiger partial charge is 0.0424 e. The number of benzene rings is 1. The molecule has 14 heavy (non-hydrogen) atoms. The number of hydrogen-bond acceptors (Lipinski definition) is 2. The van der Waals surface area contributed by atoms with Crippen LogP contribution < -0.4 is 11.1 Å². The van der Waals surface area contributed by atoms with Gasteiger partial charge in [-0.15, -0.1) is 0 Å². The van der Waals surface area contributed by atoms with E-state index >= 15 is 0 Å². The number of rotatable bonds is 2. The van der Waals surface area contributed by atoms with Gasteiger partial charge in [-0.25, -0.2) is 0 Å². The first-order valence-electron chi connectivity index (χ1n) is 5.30. The summed E-state index contributed by atoms with van der Waals surface area (Å²) in [6.45, 7) is 5.17. The van der Waals surface area contributed by atoms with Crippen molar-refractivity contribution in [1.29, 1.82) is 0 Å². The van der Waals surface area contributed by atoms with E-state index in [2.05, 4.69) is 37.4 Å². The average molecular weight is 190 g/mol. The molecule has 0 saturated carbocycles. The van der Waals surface area contributed by atoms with Crippen molar-refractivity contribution in [3.8, 4) is 0 Å². The van der Waals surface area contributed by atoms with Gasteiger partial charge in [0.1, 0.15) is 0 Å². The number of nitrogens with one attached hydrogen (secondary N) is 1. The van der Waals surface area contributed by atoms with E-state index in [0.717, 1.165) is 6.42 Å². The van der Waals surface area contributed by atoms with Gasteiger partial charge in [0.15, 0.2) is 0 Å². The number of fused-ring (bicyclic) bond motifs is 1. The molecule has 1 aromatic carbocycles. The van der Waals surface area contributed by atoms with Gasteiger partial charge in [0.2, 0.25) is 0 Å². The van der Waals surface area contributed by atoms with Crippen LogP contribution in [0.5, 0.6) is 0 Å². The summed E-state index contributed by atoms with van der Waals surface area (Å²) < 4.78 is 0. The highest BCUT2D eigenvalue weighted by Crippen LogP contribution is 2.28. The fourth-order valence-electron chi connectivity index (χ4n) is 1.96. The van der Waals surface area contributed by atoms with E-state index in [0.29, 0.717) is 18.5 Å². The van der Waals surface area contributed by atoms with Gasteiger partial charge in [-0.1, -0.05) is 26.0 Å². The molecule has 1 atom stereocenters. The molecule has 2 nitrogen and oxygen atoms in total. The molecule has 1 unspecified atom stereocenters. The summed E-state index contributed by atoms with van der Waals surface area (Å²) in [5.41, 5.74) is 9.76. The maximum atomic E-state index is 5.65. The summed E-state index contributed by atoms with van der Waals surface area (Å²) in [5.74, 6) is 0.609. The highest BCUT2D eigenvalue weighted by Gasteiger charge is 2.19. The van der Waals surface area contributed by atoms with Crippen molar-refractivity contribution < 1.29 is 0 Å². The van der Waals surface area contributed by atoms with E-state index in [1.165, 1.54) is 16.8 Å². The van der Waals surface area contributed by atoms with Crippen LogP contribution in [0.2, 0.25) is 0 Å². The Bertz CT molecular complexity index is 331. The lowest BCUT2D eigenvalue weighted by Crippen LogP contribution is -2.25. The third kappa shape index (κ3) is 1.62. The quantitative estimate of drug-likeness (QED) is 0.749. The number of hydrogen-bond donors (Lipinski definition) is 2. The van der Waals surface area contributed by atoms with Crippen molar-refractivity contribution >= 4 is 5.69 Å². The summed E-state index contributed by atoms with van der Waals surface area (Å²) >= 11 is 0. The first-order chi connectivity index (χ1) is 6.70. The molecule has 0 aromatic heterocycles. The molecular weight excluding hydrogens is 172 g/mol. The third-order valence-corrected chi connectivity index (χ3v) is 2.91. The van der Waals surface area contributed by atoms with Gasteiger partial charge < -0.3 is 11.1 Å². The molecule has 1 aromatic rings. The predicted octanol–water partition coefficient (Wildman–Crippen LogP) is 2.11. The average Bonchev–Trinajstić information content (AvgIpc) is 2.58. The fourth-order valence-corrected chi connectivity index (χ4v) is 1.96. The summed E-state index contributed by atoms with van der Waals surface area (Å²) in [5, 5.41) is 3.43. The van der Waals surface area contributed by atoms with E-state index in [4.69, 9.17) is 5.73 Å². The first-order valence-corrected chi connectivity index (χ1v) is 5.30. The maximum absolute atomic E-state index is 5.65. The normalized spacial score (nSPS) is 19.6. The van der Waals surface area contributed by atoms with E-state index < -0.39 is 0 Å². The van der Waals surface area contributed by atoms with Crippen LogP contribution in [-0.4, -0.2) is 12.6 Å². The lowest BCUT2D eigenvalue weighted by molar-refractivity contribution is 0.759. The van der Waals surface area contributed by atoms with Gasteiger partial charge >= 0.3 is 0 Å².